The Bertz CT molecular complexity index is 581. The molecular weight excluding hydrogens is 312 g/mol. The van der Waals surface area contributed by atoms with Crippen LogP contribution in [0, 0.1) is 5.41 Å². The van der Waals surface area contributed by atoms with E-state index in [1.807, 2.05) is 6.92 Å². The molecular formula is C21H32N2O2. The summed E-state index contributed by atoms with van der Waals surface area (Å²) in [5.41, 5.74) is 0.464. The summed E-state index contributed by atoms with van der Waals surface area (Å²) in [5.74, 6) is 0.691. The molecule has 1 saturated carbocycles. The number of nitrogens with one attached hydrogen (secondary N) is 1. The molecule has 0 spiro atoms. The number of benzene rings is 1. The lowest BCUT2D eigenvalue weighted by Crippen LogP contribution is -2.54. The van der Waals surface area contributed by atoms with Gasteiger partial charge in [-0.2, -0.15) is 0 Å². The van der Waals surface area contributed by atoms with Crippen LogP contribution in [-0.4, -0.2) is 48.2 Å². The molecule has 1 aliphatic carbocycles. The third-order valence-corrected chi connectivity index (χ3v) is 6.26. The number of piperidine rings is 1. The van der Waals surface area contributed by atoms with Crippen LogP contribution < -0.4 is 5.32 Å². The minimum absolute atomic E-state index is 0.122. The van der Waals surface area contributed by atoms with Gasteiger partial charge in [0.1, 0.15) is 0 Å². The number of nitrogens with zero attached hydrogens (tertiary/aromatic N) is 1. The maximum atomic E-state index is 12.2. The zero-order valence-corrected chi connectivity index (χ0v) is 15.6. The predicted molar refractivity (Wildman–Crippen MR) is 100 cm³/mol. The first-order chi connectivity index (χ1) is 11.9. The molecule has 138 valence electrons. The van der Waals surface area contributed by atoms with Crippen molar-refractivity contribution in [3.05, 3.63) is 35.9 Å². The van der Waals surface area contributed by atoms with Crippen LogP contribution in [-0.2, 0) is 4.79 Å². The van der Waals surface area contributed by atoms with Gasteiger partial charge >= 0.3 is 0 Å². The molecule has 25 heavy (non-hydrogen) atoms. The molecule has 1 heterocycles. The van der Waals surface area contributed by atoms with Gasteiger partial charge in [-0.3, -0.25) is 9.69 Å². The number of aliphatic hydroxyl groups is 1. The SMILES string of the molecule is CNC(=O)[C@]1(C)CCCN(CC2(O)CCC(c3ccccc3)CC2)C1. The Hall–Kier alpha value is -1.39. The second kappa shape index (κ2) is 7.46. The third-order valence-electron chi connectivity index (χ3n) is 6.26. The number of rotatable bonds is 4. The third kappa shape index (κ3) is 4.24. The van der Waals surface area contributed by atoms with E-state index >= 15 is 0 Å². The highest BCUT2D eigenvalue weighted by molar-refractivity contribution is 5.82. The van der Waals surface area contributed by atoms with Crippen LogP contribution in [0.4, 0.5) is 0 Å². The number of likely N-dealkylation sites (tertiary alicyclic amines) is 1. The number of hydrogen-bond donors (Lipinski definition) is 2. The van der Waals surface area contributed by atoms with E-state index in [4.69, 9.17) is 0 Å². The Morgan fingerprint density at radius 3 is 2.56 bits per heavy atom. The molecule has 1 aliphatic heterocycles. The van der Waals surface area contributed by atoms with Crippen LogP contribution >= 0.6 is 0 Å². The van der Waals surface area contributed by atoms with E-state index in [0.29, 0.717) is 12.5 Å². The smallest absolute Gasteiger partial charge is 0.226 e. The zero-order chi connectivity index (χ0) is 17.9. The van der Waals surface area contributed by atoms with Gasteiger partial charge in [0.15, 0.2) is 0 Å². The van der Waals surface area contributed by atoms with Gasteiger partial charge in [0.2, 0.25) is 5.91 Å². The van der Waals surface area contributed by atoms with Gasteiger partial charge in [-0.1, -0.05) is 30.3 Å². The average molecular weight is 344 g/mol. The highest BCUT2D eigenvalue weighted by atomic mass is 16.3. The molecule has 3 rings (SSSR count). The summed E-state index contributed by atoms with van der Waals surface area (Å²) in [6.07, 6.45) is 5.73. The molecule has 0 radical (unpaired) electrons. The first kappa shape index (κ1) is 18.4. The predicted octanol–water partition coefficient (Wildman–Crippen LogP) is 2.92. The molecule has 1 saturated heterocycles. The number of carbonyl (C=O) groups is 1. The van der Waals surface area contributed by atoms with Crippen molar-refractivity contribution >= 4 is 5.91 Å². The minimum atomic E-state index is -0.605. The van der Waals surface area contributed by atoms with Crippen molar-refractivity contribution in [1.29, 1.82) is 0 Å². The summed E-state index contributed by atoms with van der Waals surface area (Å²) in [6.45, 7) is 4.48. The van der Waals surface area contributed by atoms with E-state index in [9.17, 15) is 9.90 Å². The molecule has 0 unspecified atom stereocenters. The van der Waals surface area contributed by atoms with Crippen molar-refractivity contribution < 1.29 is 9.90 Å². The molecule has 1 amide bonds. The molecule has 2 aliphatic rings. The van der Waals surface area contributed by atoms with E-state index in [1.54, 1.807) is 7.05 Å². The highest BCUT2D eigenvalue weighted by Crippen LogP contribution is 2.39. The Kier molecular flexibility index (Phi) is 5.49. The summed E-state index contributed by atoms with van der Waals surface area (Å²) < 4.78 is 0. The molecule has 2 N–H and O–H groups in total. The van der Waals surface area contributed by atoms with Crippen molar-refractivity contribution in [3.8, 4) is 0 Å². The second-order valence-electron chi connectivity index (χ2n) is 8.36. The largest absolute Gasteiger partial charge is 0.389 e. The fourth-order valence-electron chi connectivity index (χ4n) is 4.75. The van der Waals surface area contributed by atoms with E-state index in [1.165, 1.54) is 5.56 Å². The maximum Gasteiger partial charge on any atom is 0.226 e. The molecule has 0 bridgehead atoms. The van der Waals surface area contributed by atoms with Crippen molar-refractivity contribution in [2.75, 3.05) is 26.7 Å². The molecule has 2 fully saturated rings. The molecule has 1 aromatic carbocycles. The monoisotopic (exact) mass is 344 g/mol. The van der Waals surface area contributed by atoms with Crippen LogP contribution in [0.2, 0.25) is 0 Å². The lowest BCUT2D eigenvalue weighted by molar-refractivity contribution is -0.134. The van der Waals surface area contributed by atoms with Crippen LogP contribution in [0.1, 0.15) is 56.9 Å². The van der Waals surface area contributed by atoms with Gasteiger partial charge in [0, 0.05) is 20.1 Å². The number of β-amino-alcohol motifs (C(OH)–C–C–N with tert-alkyl or cyclic N) is 1. The standard InChI is InChI=1S/C21H32N2O2/c1-20(19(24)22-2)11-6-14-23(15-20)16-21(25)12-9-18(10-13-21)17-7-4-3-5-8-17/h3-5,7-8,18,25H,6,9-16H2,1-2H3,(H,22,24)/t18?,20-,21?/m1/s1. The van der Waals surface area contributed by atoms with Crippen molar-refractivity contribution in [1.82, 2.24) is 10.2 Å². The summed E-state index contributed by atoms with van der Waals surface area (Å²) >= 11 is 0. The normalized spacial score (nSPS) is 33.8. The highest BCUT2D eigenvalue weighted by Gasteiger charge is 2.41. The van der Waals surface area contributed by atoms with E-state index in [2.05, 4.69) is 40.5 Å². The number of hydrogen-bond acceptors (Lipinski definition) is 3. The second-order valence-corrected chi connectivity index (χ2v) is 8.36. The van der Waals surface area contributed by atoms with Gasteiger partial charge in [-0.15, -0.1) is 0 Å². The van der Waals surface area contributed by atoms with E-state index in [0.717, 1.165) is 51.6 Å². The Balaban J connectivity index is 1.57. The van der Waals surface area contributed by atoms with Gasteiger partial charge in [0.05, 0.1) is 11.0 Å². The molecule has 1 atom stereocenters. The lowest BCUT2D eigenvalue weighted by Gasteiger charge is -2.44. The van der Waals surface area contributed by atoms with Crippen molar-refractivity contribution in [3.63, 3.8) is 0 Å². The van der Waals surface area contributed by atoms with E-state index in [-0.39, 0.29) is 11.3 Å². The Morgan fingerprint density at radius 2 is 1.92 bits per heavy atom. The summed E-state index contributed by atoms with van der Waals surface area (Å²) in [7, 11) is 1.71. The number of carbonyl (C=O) groups excluding carboxylic acids is 1. The lowest BCUT2D eigenvalue weighted by atomic mass is 9.75. The van der Waals surface area contributed by atoms with Gasteiger partial charge in [0.25, 0.3) is 0 Å². The van der Waals surface area contributed by atoms with Crippen molar-refractivity contribution in [2.45, 2.75) is 57.0 Å². The topological polar surface area (TPSA) is 52.6 Å². The van der Waals surface area contributed by atoms with Crippen LogP contribution in [0.25, 0.3) is 0 Å². The number of amides is 1. The molecule has 1 aromatic rings. The fourth-order valence-corrected chi connectivity index (χ4v) is 4.75. The first-order valence-corrected chi connectivity index (χ1v) is 9.66. The first-order valence-electron chi connectivity index (χ1n) is 9.66. The summed E-state index contributed by atoms with van der Waals surface area (Å²) in [5, 5.41) is 13.9. The Labute approximate surface area is 151 Å². The Morgan fingerprint density at radius 1 is 1.24 bits per heavy atom. The van der Waals surface area contributed by atoms with Crippen LogP contribution in [0.5, 0.6) is 0 Å². The fraction of sp³-hybridized carbons (Fsp3) is 0.667. The van der Waals surface area contributed by atoms with Gasteiger partial charge < -0.3 is 10.4 Å². The van der Waals surface area contributed by atoms with Gasteiger partial charge in [-0.25, -0.2) is 0 Å². The molecule has 4 heteroatoms. The molecule has 4 nitrogen and oxygen atoms in total. The van der Waals surface area contributed by atoms with Crippen LogP contribution in [0.15, 0.2) is 30.3 Å². The van der Waals surface area contributed by atoms with Gasteiger partial charge in [-0.05, 0) is 63.5 Å². The van der Waals surface area contributed by atoms with Crippen molar-refractivity contribution in [2.24, 2.45) is 5.41 Å². The summed E-state index contributed by atoms with van der Waals surface area (Å²) in [6, 6.07) is 10.7. The average Bonchev–Trinajstić information content (AvgIpc) is 2.62. The maximum absolute atomic E-state index is 12.2. The van der Waals surface area contributed by atoms with E-state index < -0.39 is 5.60 Å². The minimum Gasteiger partial charge on any atom is -0.389 e. The summed E-state index contributed by atoms with van der Waals surface area (Å²) in [4.78, 5) is 14.5. The zero-order valence-electron chi connectivity index (χ0n) is 15.6. The van der Waals surface area contributed by atoms with Crippen LogP contribution in [0.3, 0.4) is 0 Å². The quantitative estimate of drug-likeness (QED) is 0.883. The molecule has 0 aromatic heterocycles.